The summed E-state index contributed by atoms with van der Waals surface area (Å²) in [6, 6.07) is 6.17. The molecular formula is C15H20FNO3S. The monoisotopic (exact) mass is 313 g/mol. The Hall–Kier alpha value is -1.56. The maximum absolute atomic E-state index is 12.8. The molecule has 0 bridgehead atoms. The van der Waals surface area contributed by atoms with Crippen LogP contribution in [-0.2, 0) is 14.3 Å². The predicted molar refractivity (Wildman–Crippen MR) is 80.6 cm³/mol. The molecule has 1 atom stereocenters. The molecule has 1 aromatic carbocycles. The molecule has 1 unspecified atom stereocenters. The number of ether oxygens (including phenoxy) is 1. The van der Waals surface area contributed by atoms with Gasteiger partial charge in [-0.15, -0.1) is 11.8 Å². The van der Waals surface area contributed by atoms with Gasteiger partial charge in [0.2, 0.25) is 5.91 Å². The lowest BCUT2D eigenvalue weighted by Crippen LogP contribution is -2.34. The molecule has 0 saturated carbocycles. The minimum Gasteiger partial charge on any atom is -0.469 e. The van der Waals surface area contributed by atoms with Crippen molar-refractivity contribution in [2.24, 2.45) is 5.92 Å². The van der Waals surface area contributed by atoms with E-state index in [-0.39, 0.29) is 23.6 Å². The molecule has 1 amide bonds. The van der Waals surface area contributed by atoms with E-state index in [1.165, 1.54) is 35.9 Å². The lowest BCUT2D eigenvalue weighted by molar-refractivity contribution is -0.146. The Balaban J connectivity index is 2.32. The van der Waals surface area contributed by atoms with Crippen LogP contribution >= 0.6 is 11.8 Å². The zero-order chi connectivity index (χ0) is 15.8. The van der Waals surface area contributed by atoms with Gasteiger partial charge in [-0.1, -0.05) is 6.92 Å². The summed E-state index contributed by atoms with van der Waals surface area (Å²) in [5.74, 6) is -0.349. The summed E-state index contributed by atoms with van der Waals surface area (Å²) >= 11 is 1.50. The van der Waals surface area contributed by atoms with Crippen molar-refractivity contribution in [3.63, 3.8) is 0 Å². The van der Waals surface area contributed by atoms with Crippen LogP contribution in [-0.4, -0.2) is 43.2 Å². The molecule has 0 aliphatic carbocycles. The Bertz CT molecular complexity index is 478. The Morgan fingerprint density at radius 1 is 1.33 bits per heavy atom. The smallest absolute Gasteiger partial charge is 0.310 e. The lowest BCUT2D eigenvalue weighted by atomic mass is 10.1. The molecule has 6 heteroatoms. The first-order chi connectivity index (χ1) is 9.93. The first-order valence-electron chi connectivity index (χ1n) is 6.64. The van der Waals surface area contributed by atoms with Gasteiger partial charge in [0.25, 0.3) is 0 Å². The van der Waals surface area contributed by atoms with Crippen LogP contribution in [0.4, 0.5) is 4.39 Å². The summed E-state index contributed by atoms with van der Waals surface area (Å²) < 4.78 is 17.4. The molecule has 116 valence electrons. The average Bonchev–Trinajstić information content (AvgIpc) is 2.48. The van der Waals surface area contributed by atoms with Crippen molar-refractivity contribution in [2.75, 3.05) is 26.5 Å². The minimum absolute atomic E-state index is 0.0274. The van der Waals surface area contributed by atoms with Crippen LogP contribution in [0.15, 0.2) is 29.2 Å². The number of benzene rings is 1. The summed E-state index contributed by atoms with van der Waals surface area (Å²) in [7, 11) is 3.00. The second-order valence-corrected chi connectivity index (χ2v) is 5.92. The molecule has 0 N–H and O–H groups in total. The molecule has 0 aliphatic heterocycles. The van der Waals surface area contributed by atoms with Crippen molar-refractivity contribution in [1.29, 1.82) is 0 Å². The molecule has 4 nitrogen and oxygen atoms in total. The van der Waals surface area contributed by atoms with Gasteiger partial charge in [0.1, 0.15) is 5.82 Å². The predicted octanol–water partition coefficient (Wildman–Crippen LogP) is 2.58. The van der Waals surface area contributed by atoms with E-state index in [2.05, 4.69) is 4.74 Å². The largest absolute Gasteiger partial charge is 0.469 e. The average molecular weight is 313 g/mol. The van der Waals surface area contributed by atoms with Crippen molar-refractivity contribution in [2.45, 2.75) is 18.2 Å². The van der Waals surface area contributed by atoms with Crippen LogP contribution in [0.2, 0.25) is 0 Å². The van der Waals surface area contributed by atoms with E-state index in [4.69, 9.17) is 0 Å². The SMILES string of the molecule is COC(=O)C(C)CN(C)C(=O)CCSc1ccc(F)cc1. The number of nitrogens with zero attached hydrogens (tertiary/aromatic N) is 1. The third-order valence-corrected chi connectivity index (χ3v) is 3.99. The molecule has 1 rings (SSSR count). The Labute approximate surface area is 128 Å². The molecule has 1 aromatic rings. The summed E-state index contributed by atoms with van der Waals surface area (Å²) in [6.45, 7) is 2.07. The highest BCUT2D eigenvalue weighted by molar-refractivity contribution is 7.99. The van der Waals surface area contributed by atoms with Gasteiger partial charge < -0.3 is 9.64 Å². The fourth-order valence-corrected chi connectivity index (χ4v) is 2.61. The molecule has 0 spiro atoms. The van der Waals surface area contributed by atoms with Crippen LogP contribution in [0.25, 0.3) is 0 Å². The zero-order valence-corrected chi connectivity index (χ0v) is 13.3. The van der Waals surface area contributed by atoms with E-state index >= 15 is 0 Å². The van der Waals surface area contributed by atoms with E-state index in [0.29, 0.717) is 18.7 Å². The van der Waals surface area contributed by atoms with Crippen LogP contribution in [0.1, 0.15) is 13.3 Å². The van der Waals surface area contributed by atoms with Gasteiger partial charge in [0.15, 0.2) is 0 Å². The number of hydrogen-bond acceptors (Lipinski definition) is 4. The fraction of sp³-hybridized carbons (Fsp3) is 0.467. The van der Waals surface area contributed by atoms with E-state index in [1.807, 2.05) is 0 Å². The van der Waals surface area contributed by atoms with Crippen molar-refractivity contribution < 1.29 is 18.7 Å². The van der Waals surface area contributed by atoms with Crippen LogP contribution in [0.3, 0.4) is 0 Å². The topological polar surface area (TPSA) is 46.6 Å². The van der Waals surface area contributed by atoms with Crippen molar-refractivity contribution in [3.05, 3.63) is 30.1 Å². The molecule has 0 heterocycles. The van der Waals surface area contributed by atoms with E-state index < -0.39 is 0 Å². The number of rotatable bonds is 7. The number of carbonyl (C=O) groups is 2. The molecule has 21 heavy (non-hydrogen) atoms. The number of esters is 1. The number of halogens is 1. The number of amides is 1. The first kappa shape index (κ1) is 17.5. The highest BCUT2D eigenvalue weighted by atomic mass is 32.2. The van der Waals surface area contributed by atoms with Crippen molar-refractivity contribution >= 4 is 23.6 Å². The van der Waals surface area contributed by atoms with Gasteiger partial charge in [-0.05, 0) is 24.3 Å². The second-order valence-electron chi connectivity index (χ2n) is 4.75. The van der Waals surface area contributed by atoms with Gasteiger partial charge in [0.05, 0.1) is 13.0 Å². The number of thioether (sulfide) groups is 1. The highest BCUT2D eigenvalue weighted by Crippen LogP contribution is 2.19. The van der Waals surface area contributed by atoms with Gasteiger partial charge in [-0.3, -0.25) is 9.59 Å². The normalized spacial score (nSPS) is 11.8. The second kappa shape index (κ2) is 8.67. The maximum Gasteiger partial charge on any atom is 0.310 e. The number of methoxy groups -OCH3 is 1. The summed E-state index contributed by atoms with van der Waals surface area (Å²) in [6.07, 6.45) is 0.367. The molecule has 0 aromatic heterocycles. The first-order valence-corrected chi connectivity index (χ1v) is 7.62. The van der Waals surface area contributed by atoms with E-state index in [0.717, 1.165) is 4.90 Å². The third kappa shape index (κ3) is 6.16. The minimum atomic E-state index is -0.339. The van der Waals surface area contributed by atoms with Gasteiger partial charge in [-0.25, -0.2) is 4.39 Å². The number of carbonyl (C=O) groups excluding carboxylic acids is 2. The van der Waals surface area contributed by atoms with Gasteiger partial charge in [-0.2, -0.15) is 0 Å². The van der Waals surface area contributed by atoms with Crippen molar-refractivity contribution in [1.82, 2.24) is 4.90 Å². The zero-order valence-electron chi connectivity index (χ0n) is 12.5. The van der Waals surface area contributed by atoms with Crippen LogP contribution in [0, 0.1) is 11.7 Å². The van der Waals surface area contributed by atoms with Crippen LogP contribution < -0.4 is 0 Å². The molecule has 0 saturated heterocycles. The Morgan fingerprint density at radius 2 is 1.95 bits per heavy atom. The Kier molecular flexibility index (Phi) is 7.22. The standard InChI is InChI=1S/C15H20FNO3S/c1-11(15(19)20-3)10-17(2)14(18)8-9-21-13-6-4-12(16)5-7-13/h4-7,11H,8-10H2,1-3H3. The molecule has 0 aliphatic rings. The van der Waals surface area contributed by atoms with Crippen molar-refractivity contribution in [3.8, 4) is 0 Å². The van der Waals surface area contributed by atoms with Crippen LogP contribution in [0.5, 0.6) is 0 Å². The van der Waals surface area contributed by atoms with E-state index in [9.17, 15) is 14.0 Å². The fourth-order valence-electron chi connectivity index (χ4n) is 1.77. The summed E-state index contributed by atoms with van der Waals surface area (Å²) in [5.41, 5.74) is 0. The highest BCUT2D eigenvalue weighted by Gasteiger charge is 2.18. The summed E-state index contributed by atoms with van der Waals surface area (Å²) in [5, 5.41) is 0. The Morgan fingerprint density at radius 3 is 2.52 bits per heavy atom. The number of hydrogen-bond donors (Lipinski definition) is 0. The maximum atomic E-state index is 12.8. The van der Waals surface area contributed by atoms with Gasteiger partial charge >= 0.3 is 5.97 Å². The molecule has 0 radical (unpaired) electrons. The lowest BCUT2D eigenvalue weighted by Gasteiger charge is -2.20. The third-order valence-electron chi connectivity index (χ3n) is 2.98. The van der Waals surface area contributed by atoms with E-state index in [1.54, 1.807) is 26.1 Å². The molecule has 0 fully saturated rings. The quantitative estimate of drug-likeness (QED) is 0.573. The summed E-state index contributed by atoms with van der Waals surface area (Å²) in [4.78, 5) is 25.7. The molecular weight excluding hydrogens is 293 g/mol. The van der Waals surface area contributed by atoms with Gasteiger partial charge in [0, 0.05) is 30.7 Å².